The molecular formula is C22H21N3O6S. The number of para-hydroxylation sites is 2. The van der Waals surface area contributed by atoms with E-state index in [0.29, 0.717) is 21.7 Å². The summed E-state index contributed by atoms with van der Waals surface area (Å²) in [5.74, 6) is -1.46. The van der Waals surface area contributed by atoms with Crippen molar-refractivity contribution in [3.05, 3.63) is 46.5 Å². The van der Waals surface area contributed by atoms with Gasteiger partial charge in [-0.3, -0.25) is 4.79 Å². The molecule has 0 saturated heterocycles. The number of carbonyl (C=O) groups is 3. The van der Waals surface area contributed by atoms with Crippen LogP contribution in [-0.2, 0) is 19.1 Å². The fourth-order valence-corrected chi connectivity index (χ4v) is 4.73. The molecule has 0 radical (unpaired) electrons. The molecule has 2 N–H and O–H groups in total. The van der Waals surface area contributed by atoms with E-state index in [1.807, 2.05) is 19.9 Å². The summed E-state index contributed by atoms with van der Waals surface area (Å²) in [5.41, 5.74) is 8.67. The van der Waals surface area contributed by atoms with Crippen molar-refractivity contribution in [3.8, 4) is 5.75 Å². The van der Waals surface area contributed by atoms with Gasteiger partial charge in [-0.15, -0.1) is 11.3 Å². The van der Waals surface area contributed by atoms with E-state index < -0.39 is 30.6 Å². The fraction of sp³-hybridized carbons (Fsp3) is 0.273. The Labute approximate surface area is 187 Å². The molecule has 2 aromatic heterocycles. The Bertz CT molecular complexity index is 1240. The van der Waals surface area contributed by atoms with Crippen LogP contribution in [0.2, 0.25) is 0 Å². The molecule has 0 spiro atoms. The number of nitrogens with zero attached hydrogens (tertiary/aromatic N) is 2. The Morgan fingerprint density at radius 1 is 1.28 bits per heavy atom. The van der Waals surface area contributed by atoms with E-state index >= 15 is 0 Å². The summed E-state index contributed by atoms with van der Waals surface area (Å²) >= 11 is 1.13. The normalized spacial score (nSPS) is 15.1. The number of amides is 1. The predicted octanol–water partition coefficient (Wildman–Crippen LogP) is 2.62. The highest BCUT2D eigenvalue weighted by molar-refractivity contribution is 7.21. The number of nitrogens with two attached hydrogens (primary N) is 1. The minimum Gasteiger partial charge on any atom is -0.475 e. The predicted molar refractivity (Wildman–Crippen MR) is 119 cm³/mol. The molecule has 166 valence electrons. The van der Waals surface area contributed by atoms with E-state index in [2.05, 4.69) is 4.98 Å². The molecule has 0 bridgehead atoms. The van der Waals surface area contributed by atoms with Gasteiger partial charge in [0.15, 0.2) is 6.61 Å². The quantitative estimate of drug-likeness (QED) is 0.596. The summed E-state index contributed by atoms with van der Waals surface area (Å²) in [7, 11) is 1.24. The smallest absolute Gasteiger partial charge is 0.351 e. The molecule has 4 rings (SSSR count). The Hall–Kier alpha value is -3.66. The maximum absolute atomic E-state index is 12.9. The molecule has 9 nitrogen and oxygen atoms in total. The van der Waals surface area contributed by atoms with E-state index in [4.69, 9.17) is 19.9 Å². The second-order valence-corrected chi connectivity index (χ2v) is 8.28. The maximum Gasteiger partial charge on any atom is 0.351 e. The highest BCUT2D eigenvalue weighted by Gasteiger charge is 2.35. The van der Waals surface area contributed by atoms with Crippen molar-refractivity contribution < 1.29 is 28.6 Å². The Balaban J connectivity index is 1.53. The molecule has 0 aliphatic carbocycles. The lowest BCUT2D eigenvalue weighted by atomic mass is 10.1. The van der Waals surface area contributed by atoms with Crippen molar-refractivity contribution in [1.82, 2.24) is 4.98 Å². The number of nitrogen functional groups attached to an aromatic ring is 1. The van der Waals surface area contributed by atoms with Crippen molar-refractivity contribution in [2.45, 2.75) is 20.0 Å². The highest BCUT2D eigenvalue weighted by atomic mass is 32.1. The van der Waals surface area contributed by atoms with Gasteiger partial charge in [0.2, 0.25) is 6.10 Å². The molecule has 1 aliphatic rings. The Morgan fingerprint density at radius 2 is 2.03 bits per heavy atom. The van der Waals surface area contributed by atoms with Crippen LogP contribution in [0.3, 0.4) is 0 Å². The van der Waals surface area contributed by atoms with Gasteiger partial charge in [-0.05, 0) is 37.6 Å². The monoisotopic (exact) mass is 455 g/mol. The number of rotatable bonds is 4. The van der Waals surface area contributed by atoms with Gasteiger partial charge in [0.05, 0.1) is 25.0 Å². The van der Waals surface area contributed by atoms with E-state index in [9.17, 15) is 14.4 Å². The molecule has 0 unspecified atom stereocenters. The lowest BCUT2D eigenvalue weighted by molar-refractivity contribution is -0.148. The number of aryl methyl sites for hydroxylation is 2. The number of benzene rings is 1. The number of pyridine rings is 1. The van der Waals surface area contributed by atoms with Gasteiger partial charge in [0, 0.05) is 11.1 Å². The number of ether oxygens (including phenoxy) is 3. The van der Waals surface area contributed by atoms with Gasteiger partial charge in [-0.2, -0.15) is 0 Å². The van der Waals surface area contributed by atoms with Crippen molar-refractivity contribution in [2.75, 3.05) is 30.9 Å². The lowest BCUT2D eigenvalue weighted by Gasteiger charge is -2.33. The summed E-state index contributed by atoms with van der Waals surface area (Å²) in [5, 5.41) is 0.710. The molecule has 0 fully saturated rings. The van der Waals surface area contributed by atoms with Crippen LogP contribution in [0.5, 0.6) is 5.75 Å². The number of esters is 2. The standard InChI is InChI=1S/C22H21N3O6S/c1-11-8-12(2)24-20-17(11)18(23)19(32-20)22(28)30-10-16(26)25-9-15(21(27)29-3)31-14-7-5-4-6-13(14)25/h4-8,15H,9-10,23H2,1-3H3/t15-/m0/s1. The molecule has 1 amide bonds. The number of anilines is 2. The Morgan fingerprint density at radius 3 is 2.78 bits per heavy atom. The van der Waals surface area contributed by atoms with Crippen LogP contribution >= 0.6 is 11.3 Å². The topological polar surface area (TPSA) is 121 Å². The summed E-state index contributed by atoms with van der Waals surface area (Å²) in [6.07, 6.45) is -0.981. The van der Waals surface area contributed by atoms with Gasteiger partial charge >= 0.3 is 11.9 Å². The number of fused-ring (bicyclic) bond motifs is 2. The first-order valence-electron chi connectivity index (χ1n) is 9.77. The fourth-order valence-electron chi connectivity index (χ4n) is 3.62. The third-order valence-corrected chi connectivity index (χ3v) is 6.15. The van der Waals surface area contributed by atoms with Gasteiger partial charge in [0.25, 0.3) is 5.91 Å². The van der Waals surface area contributed by atoms with Crippen molar-refractivity contribution in [1.29, 1.82) is 0 Å². The van der Waals surface area contributed by atoms with Gasteiger partial charge in [-0.1, -0.05) is 12.1 Å². The minimum absolute atomic E-state index is 0.0620. The molecule has 32 heavy (non-hydrogen) atoms. The highest BCUT2D eigenvalue weighted by Crippen LogP contribution is 2.36. The number of carbonyl (C=O) groups excluding carboxylic acids is 3. The van der Waals surface area contributed by atoms with Gasteiger partial charge in [0.1, 0.15) is 15.5 Å². The first-order valence-corrected chi connectivity index (χ1v) is 10.6. The van der Waals surface area contributed by atoms with Crippen LogP contribution in [-0.4, -0.2) is 49.2 Å². The summed E-state index contributed by atoms with van der Waals surface area (Å²) in [6.45, 7) is 3.17. The summed E-state index contributed by atoms with van der Waals surface area (Å²) in [6, 6.07) is 8.68. The van der Waals surface area contributed by atoms with Crippen LogP contribution in [0.25, 0.3) is 10.2 Å². The summed E-state index contributed by atoms with van der Waals surface area (Å²) in [4.78, 5) is 44.2. The number of hydrogen-bond acceptors (Lipinski definition) is 9. The molecule has 1 aliphatic heterocycles. The van der Waals surface area contributed by atoms with Crippen LogP contribution in [0.4, 0.5) is 11.4 Å². The molecular weight excluding hydrogens is 434 g/mol. The molecule has 10 heteroatoms. The van der Waals surface area contributed by atoms with E-state index in [-0.39, 0.29) is 17.1 Å². The third kappa shape index (κ3) is 3.84. The van der Waals surface area contributed by atoms with Crippen molar-refractivity contribution >= 4 is 50.8 Å². The van der Waals surface area contributed by atoms with Crippen LogP contribution < -0.4 is 15.4 Å². The first kappa shape index (κ1) is 21.6. The molecule has 3 heterocycles. The van der Waals surface area contributed by atoms with Gasteiger partial charge < -0.3 is 24.8 Å². The second kappa shape index (κ2) is 8.46. The number of hydrogen-bond donors (Lipinski definition) is 1. The zero-order valence-electron chi connectivity index (χ0n) is 17.7. The van der Waals surface area contributed by atoms with Gasteiger partial charge in [-0.25, -0.2) is 14.6 Å². The largest absolute Gasteiger partial charge is 0.475 e. The zero-order chi connectivity index (χ0) is 23.0. The third-order valence-electron chi connectivity index (χ3n) is 5.08. The number of thiophene rings is 1. The van der Waals surface area contributed by atoms with Crippen LogP contribution in [0.1, 0.15) is 20.9 Å². The van der Waals surface area contributed by atoms with Crippen molar-refractivity contribution in [2.24, 2.45) is 0 Å². The zero-order valence-corrected chi connectivity index (χ0v) is 18.5. The first-order chi connectivity index (χ1) is 15.3. The van der Waals surface area contributed by atoms with Crippen molar-refractivity contribution in [3.63, 3.8) is 0 Å². The molecule has 1 atom stereocenters. The average molecular weight is 455 g/mol. The molecule has 3 aromatic rings. The SMILES string of the molecule is COC(=O)[C@@H]1CN(C(=O)COC(=O)c2sc3nc(C)cc(C)c3c2N)c2ccccc2O1. The van der Waals surface area contributed by atoms with E-state index in [0.717, 1.165) is 22.6 Å². The number of aromatic nitrogens is 1. The minimum atomic E-state index is -0.981. The maximum atomic E-state index is 12.9. The summed E-state index contributed by atoms with van der Waals surface area (Å²) < 4.78 is 15.7. The number of methoxy groups -OCH3 is 1. The molecule has 0 saturated carbocycles. The van der Waals surface area contributed by atoms with E-state index in [1.54, 1.807) is 24.3 Å². The average Bonchev–Trinajstić information content (AvgIpc) is 3.12. The van der Waals surface area contributed by atoms with Crippen LogP contribution in [0.15, 0.2) is 30.3 Å². The second-order valence-electron chi connectivity index (χ2n) is 7.28. The van der Waals surface area contributed by atoms with E-state index in [1.165, 1.54) is 12.0 Å². The lowest BCUT2D eigenvalue weighted by Crippen LogP contribution is -2.48. The Kier molecular flexibility index (Phi) is 5.70. The molecule has 1 aromatic carbocycles. The van der Waals surface area contributed by atoms with Crippen LogP contribution in [0, 0.1) is 13.8 Å².